The van der Waals surface area contributed by atoms with E-state index in [1.54, 1.807) is 0 Å². The molecule has 2 aromatic rings. The number of benzene rings is 1. The molecule has 1 aromatic heterocycles. The Kier molecular flexibility index (Phi) is 5.46. The minimum Gasteiger partial charge on any atom is -0.467 e. The molecule has 6 nitrogen and oxygen atoms in total. The van der Waals surface area contributed by atoms with Gasteiger partial charge in [-0.3, -0.25) is 4.79 Å². The van der Waals surface area contributed by atoms with Gasteiger partial charge < -0.3 is 20.8 Å². The summed E-state index contributed by atoms with van der Waals surface area (Å²) in [6.45, 7) is 0. The molecule has 1 amide bonds. The van der Waals surface area contributed by atoms with Crippen molar-refractivity contribution in [1.29, 1.82) is 0 Å². The maximum Gasteiger partial charge on any atom is 0.329 e. The van der Waals surface area contributed by atoms with Crippen LogP contribution < -0.4 is 11.1 Å². The second-order valence-electron chi connectivity index (χ2n) is 4.94. The number of methoxy groups -OCH3 is 1. The van der Waals surface area contributed by atoms with E-state index in [2.05, 4.69) is 27.7 Å². The largest absolute Gasteiger partial charge is 0.467 e. The molecule has 0 saturated carbocycles. The van der Waals surface area contributed by atoms with Crippen LogP contribution in [-0.4, -0.2) is 41.8 Å². The Labute approximate surface area is 133 Å². The summed E-state index contributed by atoms with van der Waals surface area (Å²) in [6.07, 6.45) is 2.21. The van der Waals surface area contributed by atoms with Crippen LogP contribution in [0.3, 0.4) is 0 Å². The van der Waals surface area contributed by atoms with Crippen molar-refractivity contribution >= 4 is 35.4 Å². The average Bonchev–Trinajstić information content (AvgIpc) is 2.94. The Bertz CT molecular complexity index is 671. The highest BCUT2D eigenvalue weighted by Gasteiger charge is 2.23. The molecule has 0 fully saturated rings. The first-order chi connectivity index (χ1) is 10.6. The van der Waals surface area contributed by atoms with E-state index < -0.39 is 24.0 Å². The van der Waals surface area contributed by atoms with Gasteiger partial charge >= 0.3 is 5.97 Å². The van der Waals surface area contributed by atoms with Gasteiger partial charge in [-0.25, -0.2) is 4.79 Å². The van der Waals surface area contributed by atoms with Crippen molar-refractivity contribution in [2.75, 3.05) is 12.9 Å². The van der Waals surface area contributed by atoms with E-state index in [0.29, 0.717) is 6.42 Å². The second kappa shape index (κ2) is 7.33. The average molecular weight is 321 g/mol. The molecule has 22 heavy (non-hydrogen) atoms. The number of H-pyrrole nitrogens is 1. The van der Waals surface area contributed by atoms with Gasteiger partial charge in [0.2, 0.25) is 5.91 Å². The van der Waals surface area contributed by atoms with Gasteiger partial charge in [0.05, 0.1) is 13.2 Å². The first-order valence-electron chi connectivity index (χ1n) is 6.86. The fourth-order valence-corrected chi connectivity index (χ4v) is 2.47. The number of thiol groups is 1. The highest BCUT2D eigenvalue weighted by Crippen LogP contribution is 2.18. The zero-order valence-corrected chi connectivity index (χ0v) is 13.1. The Balaban J connectivity index is 2.03. The molecule has 0 aliphatic rings. The van der Waals surface area contributed by atoms with E-state index in [9.17, 15) is 9.59 Å². The number of para-hydroxylation sites is 1. The number of amides is 1. The quantitative estimate of drug-likeness (QED) is 0.463. The van der Waals surface area contributed by atoms with Gasteiger partial charge in [0.25, 0.3) is 0 Å². The van der Waals surface area contributed by atoms with E-state index in [1.165, 1.54) is 7.11 Å². The van der Waals surface area contributed by atoms with Crippen LogP contribution in [-0.2, 0) is 20.7 Å². The maximum atomic E-state index is 12.1. The lowest BCUT2D eigenvalue weighted by atomic mass is 10.0. The van der Waals surface area contributed by atoms with E-state index >= 15 is 0 Å². The number of hydrogen-bond donors (Lipinski definition) is 4. The van der Waals surface area contributed by atoms with Crippen LogP contribution in [0.2, 0.25) is 0 Å². The van der Waals surface area contributed by atoms with Crippen molar-refractivity contribution in [2.24, 2.45) is 5.73 Å². The van der Waals surface area contributed by atoms with E-state index in [0.717, 1.165) is 16.5 Å². The molecule has 0 aliphatic heterocycles. The third-order valence-electron chi connectivity index (χ3n) is 3.44. The van der Waals surface area contributed by atoms with Crippen molar-refractivity contribution in [2.45, 2.75) is 18.5 Å². The van der Waals surface area contributed by atoms with Crippen LogP contribution in [0, 0.1) is 0 Å². The minimum atomic E-state index is -0.796. The van der Waals surface area contributed by atoms with Crippen LogP contribution in [0.1, 0.15) is 5.56 Å². The van der Waals surface area contributed by atoms with E-state index in [-0.39, 0.29) is 5.75 Å². The fraction of sp³-hybridized carbons (Fsp3) is 0.333. The van der Waals surface area contributed by atoms with Gasteiger partial charge in [0.1, 0.15) is 6.04 Å². The highest BCUT2D eigenvalue weighted by atomic mass is 32.1. The minimum absolute atomic E-state index is 0.151. The number of fused-ring (bicyclic) bond motifs is 1. The van der Waals surface area contributed by atoms with Crippen LogP contribution in [0.5, 0.6) is 0 Å². The lowest BCUT2D eigenvalue weighted by Crippen LogP contribution is -2.50. The van der Waals surface area contributed by atoms with Crippen molar-refractivity contribution < 1.29 is 14.3 Å². The number of rotatable bonds is 6. The van der Waals surface area contributed by atoms with Gasteiger partial charge in [-0.1, -0.05) is 18.2 Å². The molecule has 0 spiro atoms. The molecule has 2 rings (SSSR count). The summed E-state index contributed by atoms with van der Waals surface area (Å²) < 4.78 is 4.60. The highest BCUT2D eigenvalue weighted by molar-refractivity contribution is 7.80. The number of aromatic nitrogens is 1. The maximum absolute atomic E-state index is 12.1. The first kappa shape index (κ1) is 16.4. The number of nitrogens with one attached hydrogen (secondary N) is 2. The third kappa shape index (κ3) is 3.61. The number of esters is 1. The predicted octanol–water partition coefficient (Wildman–Crippen LogP) is 0.625. The van der Waals surface area contributed by atoms with Crippen molar-refractivity contribution in [3.8, 4) is 0 Å². The van der Waals surface area contributed by atoms with Gasteiger partial charge in [-0.15, -0.1) is 0 Å². The molecule has 7 heteroatoms. The Morgan fingerprint density at radius 1 is 1.41 bits per heavy atom. The summed E-state index contributed by atoms with van der Waals surface area (Å²) in [4.78, 5) is 26.7. The molecule has 0 aliphatic carbocycles. The number of hydrogen-bond acceptors (Lipinski definition) is 5. The van der Waals surface area contributed by atoms with Crippen LogP contribution in [0.25, 0.3) is 10.9 Å². The first-order valence-corrected chi connectivity index (χ1v) is 7.49. The topological polar surface area (TPSA) is 97.2 Å². The molecule has 0 unspecified atom stereocenters. The fourth-order valence-electron chi connectivity index (χ4n) is 2.23. The number of ether oxygens (including phenoxy) is 1. The van der Waals surface area contributed by atoms with Crippen LogP contribution >= 0.6 is 12.6 Å². The summed E-state index contributed by atoms with van der Waals surface area (Å²) in [5.74, 6) is -0.796. The number of carbonyl (C=O) groups excluding carboxylic acids is 2. The molecule has 118 valence electrons. The molecule has 2 atom stereocenters. The summed E-state index contributed by atoms with van der Waals surface area (Å²) in [5.41, 5.74) is 7.89. The molecular formula is C15H19N3O3S. The van der Waals surface area contributed by atoms with Gasteiger partial charge in [0.15, 0.2) is 0 Å². The summed E-state index contributed by atoms with van der Waals surface area (Å²) in [6, 6.07) is 6.23. The van der Waals surface area contributed by atoms with Crippen LogP contribution in [0.4, 0.5) is 0 Å². The van der Waals surface area contributed by atoms with Crippen molar-refractivity contribution in [1.82, 2.24) is 10.3 Å². The standard InChI is InChI=1S/C15H19N3O3S/c1-21-15(20)13(8-22)18-14(19)11(16)6-9-7-17-12-5-3-2-4-10(9)12/h2-5,7,11,13,17,22H,6,8,16H2,1H3,(H,18,19)/t11-,13-/m0/s1. The van der Waals surface area contributed by atoms with Crippen molar-refractivity contribution in [3.63, 3.8) is 0 Å². The second-order valence-corrected chi connectivity index (χ2v) is 5.30. The van der Waals surface area contributed by atoms with E-state index in [4.69, 9.17) is 5.73 Å². The molecule has 1 aromatic carbocycles. The zero-order chi connectivity index (χ0) is 16.1. The van der Waals surface area contributed by atoms with Crippen LogP contribution in [0.15, 0.2) is 30.5 Å². The molecule has 0 bridgehead atoms. The van der Waals surface area contributed by atoms with Crippen molar-refractivity contribution in [3.05, 3.63) is 36.0 Å². The van der Waals surface area contributed by atoms with E-state index in [1.807, 2.05) is 30.5 Å². The summed E-state index contributed by atoms with van der Waals surface area (Å²) >= 11 is 4.03. The molecule has 0 radical (unpaired) electrons. The SMILES string of the molecule is COC(=O)[C@H](CS)NC(=O)[C@@H](N)Cc1c[nH]c2ccccc12. The predicted molar refractivity (Wildman–Crippen MR) is 87.8 cm³/mol. The Morgan fingerprint density at radius 3 is 2.82 bits per heavy atom. The monoisotopic (exact) mass is 321 g/mol. The number of aromatic amines is 1. The lowest BCUT2D eigenvalue weighted by molar-refractivity contribution is -0.144. The molecule has 0 saturated heterocycles. The Hall–Kier alpha value is -1.99. The molecular weight excluding hydrogens is 302 g/mol. The van der Waals surface area contributed by atoms with Gasteiger partial charge in [-0.2, -0.15) is 12.6 Å². The van der Waals surface area contributed by atoms with Gasteiger partial charge in [-0.05, 0) is 18.1 Å². The molecule has 1 heterocycles. The number of carbonyl (C=O) groups is 2. The lowest BCUT2D eigenvalue weighted by Gasteiger charge is -2.17. The number of nitrogens with two attached hydrogens (primary N) is 1. The normalized spacial score (nSPS) is 13.6. The third-order valence-corrected chi connectivity index (χ3v) is 3.80. The zero-order valence-electron chi connectivity index (χ0n) is 12.2. The van der Waals surface area contributed by atoms with Gasteiger partial charge in [0, 0.05) is 22.9 Å². The summed E-state index contributed by atoms with van der Waals surface area (Å²) in [7, 11) is 1.26. The molecule has 4 N–H and O–H groups in total. The summed E-state index contributed by atoms with van der Waals surface area (Å²) in [5, 5.41) is 3.58. The Morgan fingerprint density at radius 2 is 2.14 bits per heavy atom. The smallest absolute Gasteiger partial charge is 0.329 e.